The van der Waals surface area contributed by atoms with Gasteiger partial charge in [-0.15, -0.1) is 0 Å². The van der Waals surface area contributed by atoms with E-state index in [0.717, 1.165) is 25.5 Å². The van der Waals surface area contributed by atoms with E-state index in [1.165, 1.54) is 41.4 Å². The number of carbonyl (C=O) groups excluding carboxylic acids is 3. The Hall–Kier alpha value is -4.45. The Bertz CT molecular complexity index is 1340. The van der Waals surface area contributed by atoms with Gasteiger partial charge in [0, 0.05) is 17.6 Å². The lowest BCUT2D eigenvalue weighted by molar-refractivity contribution is -0.135. The van der Waals surface area contributed by atoms with Crippen molar-refractivity contribution in [2.24, 2.45) is 5.92 Å². The molecule has 0 aliphatic heterocycles. The molecular weight excluding hydrogens is 492 g/mol. The van der Waals surface area contributed by atoms with E-state index in [2.05, 4.69) is 45.4 Å². The molecule has 0 amide bonds. The van der Waals surface area contributed by atoms with Gasteiger partial charge in [-0.1, -0.05) is 63.6 Å². The fourth-order valence-corrected chi connectivity index (χ4v) is 4.39. The number of hydrogen-bond acceptors (Lipinski definition) is 6. The number of hydrogen-bond donors (Lipinski definition) is 0. The topological polar surface area (TPSA) is 78.9 Å². The lowest BCUT2D eigenvalue weighted by atomic mass is 9.80. The van der Waals surface area contributed by atoms with Gasteiger partial charge in [0.05, 0.1) is 11.8 Å². The van der Waals surface area contributed by atoms with Crippen LogP contribution in [0, 0.1) is 5.92 Å². The van der Waals surface area contributed by atoms with E-state index in [1.807, 2.05) is 24.3 Å². The molecule has 202 valence electrons. The Kier molecular flexibility index (Phi) is 9.98. The van der Waals surface area contributed by atoms with Gasteiger partial charge in [-0.05, 0) is 79.0 Å². The van der Waals surface area contributed by atoms with E-state index in [4.69, 9.17) is 14.2 Å². The maximum absolute atomic E-state index is 12.4. The van der Waals surface area contributed by atoms with Crippen molar-refractivity contribution in [2.75, 3.05) is 0 Å². The number of ether oxygens (including phenoxy) is 3. The van der Waals surface area contributed by atoms with Gasteiger partial charge in [0.25, 0.3) is 0 Å². The van der Waals surface area contributed by atoms with Gasteiger partial charge in [-0.25, -0.2) is 14.4 Å². The minimum atomic E-state index is -0.591. The van der Waals surface area contributed by atoms with Crippen molar-refractivity contribution in [3.8, 4) is 0 Å². The van der Waals surface area contributed by atoms with E-state index in [0.29, 0.717) is 24.2 Å². The second kappa shape index (κ2) is 13.4. The number of rotatable bonds is 10. The number of allylic oxidation sites excluding steroid dienone is 12. The van der Waals surface area contributed by atoms with Crippen LogP contribution in [-0.2, 0) is 28.6 Å². The zero-order valence-corrected chi connectivity index (χ0v) is 22.6. The highest BCUT2D eigenvalue weighted by molar-refractivity contribution is 5.92. The summed E-state index contributed by atoms with van der Waals surface area (Å²) in [6.07, 6.45) is 19.8. The molecule has 0 spiro atoms. The molecule has 6 nitrogen and oxygen atoms in total. The fourth-order valence-electron chi connectivity index (χ4n) is 4.39. The van der Waals surface area contributed by atoms with Gasteiger partial charge in [-0.2, -0.15) is 0 Å². The first-order valence-corrected chi connectivity index (χ1v) is 12.8. The Morgan fingerprint density at radius 3 is 2.05 bits per heavy atom. The molecule has 6 heteroatoms. The lowest BCUT2D eigenvalue weighted by Crippen LogP contribution is -2.14. The van der Waals surface area contributed by atoms with Crippen LogP contribution in [0.25, 0.3) is 0 Å². The van der Waals surface area contributed by atoms with E-state index in [9.17, 15) is 14.4 Å². The van der Waals surface area contributed by atoms with E-state index in [1.54, 1.807) is 0 Å². The molecule has 3 aliphatic rings. The summed E-state index contributed by atoms with van der Waals surface area (Å²) in [6.45, 7) is 17.9. The summed E-state index contributed by atoms with van der Waals surface area (Å²) in [6, 6.07) is 0. The van der Waals surface area contributed by atoms with Crippen LogP contribution >= 0.6 is 0 Å². The summed E-state index contributed by atoms with van der Waals surface area (Å²) < 4.78 is 15.4. The third-order valence-electron chi connectivity index (χ3n) is 6.55. The number of carbonyl (C=O) groups is 3. The summed E-state index contributed by atoms with van der Waals surface area (Å²) in [7, 11) is 0. The predicted octanol–water partition coefficient (Wildman–Crippen LogP) is 7.11. The van der Waals surface area contributed by atoms with Gasteiger partial charge in [0.15, 0.2) is 0 Å². The maximum atomic E-state index is 12.4. The molecule has 0 heterocycles. The third-order valence-corrected chi connectivity index (χ3v) is 6.55. The molecule has 3 aliphatic carbocycles. The fraction of sp³-hybridized carbons (Fsp3) is 0.242. The molecular formula is C33H34O6. The Morgan fingerprint density at radius 2 is 1.49 bits per heavy atom. The summed E-state index contributed by atoms with van der Waals surface area (Å²) >= 11 is 0. The van der Waals surface area contributed by atoms with Crippen LogP contribution in [-0.4, -0.2) is 17.9 Å². The van der Waals surface area contributed by atoms with Crippen LogP contribution in [0.3, 0.4) is 0 Å². The molecule has 39 heavy (non-hydrogen) atoms. The van der Waals surface area contributed by atoms with Crippen molar-refractivity contribution < 1.29 is 28.6 Å². The molecule has 1 atom stereocenters. The largest absolute Gasteiger partial charge is 0.432 e. The average Bonchev–Trinajstić information content (AvgIpc) is 2.92. The smallest absolute Gasteiger partial charge is 0.342 e. The monoisotopic (exact) mass is 526 g/mol. The van der Waals surface area contributed by atoms with Crippen LogP contribution in [0.5, 0.6) is 0 Å². The molecule has 3 rings (SSSR count). The van der Waals surface area contributed by atoms with Crippen molar-refractivity contribution in [1.29, 1.82) is 0 Å². The Balaban J connectivity index is 1.59. The van der Waals surface area contributed by atoms with Crippen molar-refractivity contribution in [3.63, 3.8) is 0 Å². The first-order chi connectivity index (χ1) is 18.6. The zero-order valence-electron chi connectivity index (χ0n) is 22.6. The van der Waals surface area contributed by atoms with Crippen LogP contribution in [0.15, 0.2) is 132 Å². The SMILES string of the molecule is C=COC(=O)C1=CC=C(C2=CC=C(C3=CC=C(OC(=O)C(=C)/C=C\C(=C)OC(=O)C(=C)C)CC3)CC2)C(C)C1. The highest BCUT2D eigenvalue weighted by Gasteiger charge is 2.24. The van der Waals surface area contributed by atoms with Gasteiger partial charge in [-0.3, -0.25) is 0 Å². The highest BCUT2D eigenvalue weighted by atomic mass is 16.5. The Labute approximate surface area is 230 Å². The van der Waals surface area contributed by atoms with Crippen molar-refractivity contribution in [2.45, 2.75) is 46.0 Å². The molecule has 0 fully saturated rings. The van der Waals surface area contributed by atoms with Crippen molar-refractivity contribution in [1.82, 2.24) is 0 Å². The predicted molar refractivity (Wildman–Crippen MR) is 151 cm³/mol. The van der Waals surface area contributed by atoms with Gasteiger partial charge < -0.3 is 14.2 Å². The van der Waals surface area contributed by atoms with Crippen molar-refractivity contribution >= 4 is 17.9 Å². The summed E-state index contributed by atoms with van der Waals surface area (Å²) in [4.78, 5) is 35.9. The summed E-state index contributed by atoms with van der Waals surface area (Å²) in [5, 5.41) is 0. The minimum absolute atomic E-state index is 0.0723. The molecule has 0 aromatic rings. The maximum Gasteiger partial charge on any atom is 0.342 e. The summed E-state index contributed by atoms with van der Waals surface area (Å²) in [5.41, 5.74) is 6.03. The first-order valence-electron chi connectivity index (χ1n) is 12.8. The molecule has 0 radical (unpaired) electrons. The van der Waals surface area contributed by atoms with Crippen LogP contribution < -0.4 is 0 Å². The van der Waals surface area contributed by atoms with Gasteiger partial charge >= 0.3 is 17.9 Å². The third kappa shape index (κ3) is 8.01. The van der Waals surface area contributed by atoms with Crippen LogP contribution in [0.2, 0.25) is 0 Å². The van der Waals surface area contributed by atoms with E-state index < -0.39 is 11.9 Å². The quantitative estimate of drug-likeness (QED) is 0.0993. The van der Waals surface area contributed by atoms with Gasteiger partial charge in [0.1, 0.15) is 11.5 Å². The molecule has 0 saturated carbocycles. The van der Waals surface area contributed by atoms with Crippen LogP contribution in [0.1, 0.15) is 46.0 Å². The molecule has 0 bridgehead atoms. The Morgan fingerprint density at radius 1 is 0.846 bits per heavy atom. The lowest BCUT2D eigenvalue weighted by Gasteiger charge is -2.26. The second-order valence-electron chi connectivity index (χ2n) is 9.58. The molecule has 0 saturated heterocycles. The van der Waals surface area contributed by atoms with E-state index in [-0.39, 0.29) is 28.8 Å². The standard InChI is InChI=1S/C33H34O6/c1-7-37-33(36)28-16-19-30(23(5)20-28)27-12-10-25(11-13-27)26-14-17-29(18-15-26)39-32(35)22(4)8-9-24(6)38-31(34)21(2)3/h7-10,12,14,16-17,19,23H,1-2,4,6,11,13,15,18,20H2,3,5H3/b9-8-. The van der Waals surface area contributed by atoms with E-state index >= 15 is 0 Å². The van der Waals surface area contributed by atoms with Crippen molar-refractivity contribution in [3.05, 3.63) is 132 Å². The zero-order chi connectivity index (χ0) is 28.5. The van der Waals surface area contributed by atoms with Gasteiger partial charge in [0.2, 0.25) is 0 Å². The number of esters is 3. The van der Waals surface area contributed by atoms with Crippen LogP contribution in [0.4, 0.5) is 0 Å². The molecule has 0 N–H and O–H groups in total. The molecule has 0 aromatic carbocycles. The summed E-state index contributed by atoms with van der Waals surface area (Å²) in [5.74, 6) is -0.649. The highest BCUT2D eigenvalue weighted by Crippen LogP contribution is 2.37. The molecule has 1 unspecified atom stereocenters. The molecule has 0 aromatic heterocycles. The first kappa shape index (κ1) is 29.1. The normalized spacial score (nSPS) is 18.8. The second-order valence-corrected chi connectivity index (χ2v) is 9.58. The minimum Gasteiger partial charge on any atom is -0.432 e. The average molecular weight is 527 g/mol.